The molecule has 1 fully saturated rings. The van der Waals surface area contributed by atoms with Crippen LogP contribution in [0.15, 0.2) is 29.1 Å². The van der Waals surface area contributed by atoms with Gasteiger partial charge in [-0.1, -0.05) is 24.3 Å². The van der Waals surface area contributed by atoms with Crippen molar-refractivity contribution >= 4 is 21.2 Å². The normalized spacial score (nSPS) is 18.1. The summed E-state index contributed by atoms with van der Waals surface area (Å²) in [6, 6.07) is 5.98. The van der Waals surface area contributed by atoms with E-state index >= 15 is 0 Å². The molecule has 1 saturated heterocycles. The molecule has 30 heavy (non-hydrogen) atoms. The molecule has 1 aliphatic rings. The number of hydrogen-bond donors (Lipinski definition) is 1. The Bertz CT molecular complexity index is 1210. The summed E-state index contributed by atoms with van der Waals surface area (Å²) in [6.45, 7) is 2.89. The minimum atomic E-state index is -3.32. The lowest BCUT2D eigenvalue weighted by Crippen LogP contribution is -2.41. The Morgan fingerprint density at radius 1 is 1.27 bits per heavy atom. The summed E-state index contributed by atoms with van der Waals surface area (Å²) >= 11 is 0. The zero-order chi connectivity index (χ0) is 21.3. The van der Waals surface area contributed by atoms with Crippen molar-refractivity contribution in [1.29, 1.82) is 0 Å². The Hall–Kier alpha value is -2.66. The molecule has 4 rings (SSSR count). The van der Waals surface area contributed by atoms with Gasteiger partial charge in [-0.05, 0) is 37.0 Å². The summed E-state index contributed by atoms with van der Waals surface area (Å²) in [7, 11) is -3.32. The minimum Gasteiger partial charge on any atom is -0.308 e. The third-order valence-corrected chi connectivity index (χ3v) is 7.31. The van der Waals surface area contributed by atoms with E-state index in [9.17, 15) is 17.6 Å². The number of rotatable bonds is 6. The van der Waals surface area contributed by atoms with Gasteiger partial charge in [0.05, 0.1) is 12.3 Å². The zero-order valence-electron chi connectivity index (χ0n) is 16.6. The Labute approximate surface area is 173 Å². The smallest absolute Gasteiger partial charge is 0.281 e. The molecule has 2 aromatic heterocycles. The molecule has 0 radical (unpaired) electrons. The molecule has 1 atom stereocenters. The van der Waals surface area contributed by atoms with Crippen LogP contribution in [0.25, 0.3) is 11.2 Å². The monoisotopic (exact) mass is 434 g/mol. The van der Waals surface area contributed by atoms with Gasteiger partial charge in [-0.3, -0.25) is 4.79 Å². The number of fused-ring (bicyclic) bond motifs is 1. The Morgan fingerprint density at radius 2 is 2.03 bits per heavy atom. The summed E-state index contributed by atoms with van der Waals surface area (Å²) in [5.41, 5.74) is 0.828. The topological polar surface area (TPSA) is 114 Å². The van der Waals surface area contributed by atoms with Crippen LogP contribution in [0.2, 0.25) is 0 Å². The zero-order valence-corrected chi connectivity index (χ0v) is 17.4. The summed E-state index contributed by atoms with van der Waals surface area (Å²) in [6.07, 6.45) is 1.98. The molecule has 0 unspecified atom stereocenters. The number of nitrogens with zero attached hydrogens (tertiary/aromatic N) is 5. The van der Waals surface area contributed by atoms with E-state index in [1.54, 1.807) is 12.1 Å². The number of aromatic nitrogens is 5. The summed E-state index contributed by atoms with van der Waals surface area (Å²) in [5, 5.41) is 7.95. The molecule has 9 nitrogen and oxygen atoms in total. The molecule has 0 saturated carbocycles. The molecule has 1 aromatic carbocycles. The molecule has 0 aliphatic carbocycles. The fourth-order valence-corrected chi connectivity index (χ4v) is 5.34. The number of hydrogen-bond acceptors (Lipinski definition) is 6. The van der Waals surface area contributed by atoms with Crippen LogP contribution in [0, 0.1) is 5.82 Å². The molecule has 1 aliphatic heterocycles. The average molecular weight is 434 g/mol. The van der Waals surface area contributed by atoms with E-state index in [1.165, 1.54) is 21.1 Å². The summed E-state index contributed by atoms with van der Waals surface area (Å²) in [5.74, 6) is -0.000932. The third-order valence-electron chi connectivity index (χ3n) is 5.26. The fourth-order valence-electron chi connectivity index (χ4n) is 3.75. The molecule has 0 amide bonds. The van der Waals surface area contributed by atoms with Gasteiger partial charge >= 0.3 is 0 Å². The highest BCUT2D eigenvalue weighted by molar-refractivity contribution is 7.89. The molecule has 160 valence electrons. The first kappa shape index (κ1) is 20.6. The number of nitrogens with one attached hydrogen (secondary N) is 1. The summed E-state index contributed by atoms with van der Waals surface area (Å²) < 4.78 is 41.1. The first-order valence-electron chi connectivity index (χ1n) is 9.93. The van der Waals surface area contributed by atoms with Crippen molar-refractivity contribution in [2.75, 3.05) is 18.8 Å². The van der Waals surface area contributed by atoms with E-state index in [-0.39, 0.29) is 36.1 Å². The molecular formula is C19H23FN6O3S. The molecule has 3 aromatic rings. The Kier molecular flexibility index (Phi) is 5.65. The molecule has 1 N–H and O–H groups in total. The van der Waals surface area contributed by atoms with Crippen molar-refractivity contribution < 1.29 is 12.8 Å². The number of H-pyrrole nitrogens is 1. The predicted octanol–water partition coefficient (Wildman–Crippen LogP) is 1.62. The lowest BCUT2D eigenvalue weighted by Gasteiger charge is -2.31. The Morgan fingerprint density at radius 3 is 2.77 bits per heavy atom. The first-order valence-corrected chi connectivity index (χ1v) is 11.5. The quantitative estimate of drug-likeness (QED) is 0.631. The van der Waals surface area contributed by atoms with Gasteiger partial charge in [0.25, 0.3) is 5.56 Å². The highest BCUT2D eigenvalue weighted by Gasteiger charge is 2.30. The first-order chi connectivity index (χ1) is 14.4. The molecule has 0 spiro atoms. The van der Waals surface area contributed by atoms with E-state index in [2.05, 4.69) is 20.3 Å². The van der Waals surface area contributed by atoms with Gasteiger partial charge in [-0.2, -0.15) is 0 Å². The van der Waals surface area contributed by atoms with Crippen molar-refractivity contribution in [3.8, 4) is 0 Å². The minimum absolute atomic E-state index is 0.108. The average Bonchev–Trinajstić information content (AvgIpc) is 3.13. The predicted molar refractivity (Wildman–Crippen MR) is 109 cm³/mol. The van der Waals surface area contributed by atoms with Gasteiger partial charge in [-0.25, -0.2) is 26.8 Å². The highest BCUT2D eigenvalue weighted by Crippen LogP contribution is 2.26. The second-order valence-corrected chi connectivity index (χ2v) is 9.60. The SMILES string of the molecule is CCCS(=O)(=O)N1CCC[C@@H](c2nc3c(nnn3Cc3ccc(F)cc3)c(=O)[nH]2)C1. The van der Waals surface area contributed by atoms with Crippen LogP contribution >= 0.6 is 0 Å². The second kappa shape index (κ2) is 8.23. The van der Waals surface area contributed by atoms with Gasteiger partial charge in [0.1, 0.15) is 11.6 Å². The van der Waals surface area contributed by atoms with E-state index in [0.29, 0.717) is 30.9 Å². The maximum absolute atomic E-state index is 13.2. The lowest BCUT2D eigenvalue weighted by molar-refractivity contribution is 0.309. The van der Waals surface area contributed by atoms with Crippen LogP contribution in [0.3, 0.4) is 0 Å². The van der Waals surface area contributed by atoms with Gasteiger partial charge in [0.15, 0.2) is 11.2 Å². The number of piperidine rings is 1. The largest absolute Gasteiger partial charge is 0.308 e. The Balaban J connectivity index is 1.65. The number of benzene rings is 1. The molecular weight excluding hydrogens is 411 g/mol. The van der Waals surface area contributed by atoms with E-state index in [0.717, 1.165) is 12.0 Å². The van der Waals surface area contributed by atoms with Crippen LogP contribution < -0.4 is 5.56 Å². The van der Waals surface area contributed by atoms with Crippen LogP contribution in [-0.2, 0) is 16.6 Å². The molecule has 3 heterocycles. The number of aromatic amines is 1. The number of sulfonamides is 1. The van der Waals surface area contributed by atoms with E-state index in [1.807, 2.05) is 6.92 Å². The fraction of sp³-hybridized carbons (Fsp3) is 0.474. The lowest BCUT2D eigenvalue weighted by atomic mass is 9.99. The van der Waals surface area contributed by atoms with Gasteiger partial charge in [-0.15, -0.1) is 5.10 Å². The van der Waals surface area contributed by atoms with Crippen molar-refractivity contribution in [3.63, 3.8) is 0 Å². The standard InChI is InChI=1S/C19H23FN6O3S/c1-2-10-30(28,29)25-9-3-4-14(12-25)17-21-18-16(19(27)22-17)23-24-26(18)11-13-5-7-15(20)8-6-13/h5-8,14H,2-4,9-12H2,1H3,(H,21,22,27)/t14-/m1/s1. The highest BCUT2D eigenvalue weighted by atomic mass is 32.2. The van der Waals surface area contributed by atoms with Crippen molar-refractivity contribution in [1.82, 2.24) is 29.3 Å². The third kappa shape index (κ3) is 4.12. The number of halogens is 1. The van der Waals surface area contributed by atoms with Crippen molar-refractivity contribution in [3.05, 3.63) is 51.8 Å². The molecule has 11 heteroatoms. The maximum Gasteiger partial charge on any atom is 0.281 e. The van der Waals surface area contributed by atoms with Crippen LogP contribution in [-0.4, -0.2) is 56.5 Å². The van der Waals surface area contributed by atoms with Gasteiger partial charge < -0.3 is 4.98 Å². The van der Waals surface area contributed by atoms with Gasteiger partial charge in [0.2, 0.25) is 10.0 Å². The second-order valence-electron chi connectivity index (χ2n) is 7.51. The summed E-state index contributed by atoms with van der Waals surface area (Å²) in [4.78, 5) is 19.9. The van der Waals surface area contributed by atoms with Crippen LogP contribution in [0.1, 0.15) is 43.5 Å². The van der Waals surface area contributed by atoms with Crippen LogP contribution in [0.4, 0.5) is 4.39 Å². The van der Waals surface area contributed by atoms with Gasteiger partial charge in [0, 0.05) is 19.0 Å². The molecule has 0 bridgehead atoms. The van der Waals surface area contributed by atoms with E-state index < -0.39 is 15.6 Å². The van der Waals surface area contributed by atoms with Crippen molar-refractivity contribution in [2.45, 2.75) is 38.6 Å². The van der Waals surface area contributed by atoms with E-state index in [4.69, 9.17) is 0 Å². The van der Waals surface area contributed by atoms with Crippen LogP contribution in [0.5, 0.6) is 0 Å². The van der Waals surface area contributed by atoms with Crippen molar-refractivity contribution in [2.24, 2.45) is 0 Å². The maximum atomic E-state index is 13.2.